The first kappa shape index (κ1) is 18.7. The zero-order valence-corrected chi connectivity index (χ0v) is 18.8. The second-order valence-corrected chi connectivity index (χ2v) is 10.3. The molecule has 0 atom stereocenters. The van der Waals surface area contributed by atoms with Gasteiger partial charge in [0.2, 0.25) is 0 Å². The van der Waals surface area contributed by atoms with Gasteiger partial charge in [-0.25, -0.2) is 0 Å². The molecule has 0 spiro atoms. The van der Waals surface area contributed by atoms with Crippen LogP contribution in [0.3, 0.4) is 0 Å². The maximum atomic E-state index is 4.91. The largest absolute Gasteiger partial charge is 0.255 e. The van der Waals surface area contributed by atoms with Gasteiger partial charge in [0.05, 0.1) is 5.69 Å². The summed E-state index contributed by atoms with van der Waals surface area (Å²) in [5, 5.41) is 5.25. The van der Waals surface area contributed by atoms with Crippen molar-refractivity contribution in [3.63, 3.8) is 0 Å². The van der Waals surface area contributed by atoms with E-state index in [1.807, 2.05) is 18.0 Å². The summed E-state index contributed by atoms with van der Waals surface area (Å²) in [5.74, 6) is 0. The van der Waals surface area contributed by atoms with E-state index in [9.17, 15) is 0 Å². The number of fused-ring (bicyclic) bond motifs is 3. The van der Waals surface area contributed by atoms with Crippen molar-refractivity contribution < 1.29 is 0 Å². The Morgan fingerprint density at radius 2 is 1.52 bits per heavy atom. The van der Waals surface area contributed by atoms with Gasteiger partial charge in [-0.3, -0.25) is 4.98 Å². The molecule has 0 saturated heterocycles. The Labute approximate surface area is 187 Å². The predicted molar refractivity (Wildman–Crippen MR) is 133 cm³/mol. The van der Waals surface area contributed by atoms with Crippen LogP contribution in [-0.2, 0) is 5.41 Å². The number of nitrogens with zero attached hydrogens (tertiary/aromatic N) is 1. The highest BCUT2D eigenvalue weighted by molar-refractivity contribution is 8.00. The highest BCUT2D eigenvalue weighted by atomic mass is 32.2. The van der Waals surface area contributed by atoms with Gasteiger partial charge in [0.15, 0.2) is 0 Å². The number of hydrogen-bond donors (Lipinski definition) is 0. The Balaban J connectivity index is 1.65. The van der Waals surface area contributed by atoms with Crippen LogP contribution in [0.5, 0.6) is 0 Å². The van der Waals surface area contributed by atoms with Crippen LogP contribution in [0.2, 0.25) is 0 Å². The normalized spacial score (nSPS) is 12.9. The number of pyridine rings is 1. The summed E-state index contributed by atoms with van der Waals surface area (Å²) in [6.45, 7) is 6.87. The summed E-state index contributed by atoms with van der Waals surface area (Å²) in [6.07, 6.45) is 1.97. The van der Waals surface area contributed by atoms with Gasteiger partial charge in [0, 0.05) is 26.9 Å². The minimum atomic E-state index is 0.0514. The number of benzene rings is 4. The van der Waals surface area contributed by atoms with Gasteiger partial charge in [0.1, 0.15) is 0 Å². The fraction of sp³-hybridized carbons (Fsp3) is 0.138. The number of hydrogen-bond acceptors (Lipinski definition) is 2. The van der Waals surface area contributed by atoms with E-state index < -0.39 is 0 Å². The minimum absolute atomic E-state index is 0.0514. The molecule has 1 aromatic heterocycles. The van der Waals surface area contributed by atoms with Crippen LogP contribution in [0.25, 0.3) is 43.9 Å². The van der Waals surface area contributed by atoms with Crippen molar-refractivity contribution in [2.24, 2.45) is 0 Å². The van der Waals surface area contributed by atoms with E-state index in [2.05, 4.69) is 99.6 Å². The number of rotatable bonds is 1. The lowest BCUT2D eigenvalue weighted by Gasteiger charge is -2.25. The third-order valence-electron chi connectivity index (χ3n) is 6.22. The molecular weight excluding hydrogens is 394 g/mol. The van der Waals surface area contributed by atoms with Gasteiger partial charge in [-0.2, -0.15) is 0 Å². The van der Waals surface area contributed by atoms with Crippen molar-refractivity contribution in [1.82, 2.24) is 4.98 Å². The Bertz CT molecular complexity index is 1490. The second kappa shape index (κ2) is 6.70. The monoisotopic (exact) mass is 417 g/mol. The summed E-state index contributed by atoms with van der Waals surface area (Å²) < 4.78 is 0. The minimum Gasteiger partial charge on any atom is -0.255 e. The smallest absolute Gasteiger partial charge is 0.0847 e. The molecule has 1 aliphatic rings. The highest BCUT2D eigenvalue weighted by Gasteiger charge is 2.24. The standard InChI is InChI=1S/C29H23NS/c1-29(2,3)24-17-20(16-19-8-4-5-11-21(19)24)27-28-23(14-15-30-27)22-12-6-9-18-10-7-13-25(31-28)26(18)22/h4-17H,1-3H3. The molecule has 0 amide bonds. The zero-order chi connectivity index (χ0) is 21.2. The average molecular weight is 418 g/mol. The lowest BCUT2D eigenvalue weighted by atomic mass is 9.82. The van der Waals surface area contributed by atoms with E-state index in [1.165, 1.54) is 53.6 Å². The molecule has 0 radical (unpaired) electrons. The van der Waals surface area contributed by atoms with Crippen molar-refractivity contribution in [2.45, 2.75) is 36.0 Å². The quantitative estimate of drug-likeness (QED) is 0.266. The van der Waals surface area contributed by atoms with E-state index in [4.69, 9.17) is 4.98 Å². The summed E-state index contributed by atoms with van der Waals surface area (Å²) in [5.41, 5.74) is 6.27. The van der Waals surface area contributed by atoms with Crippen LogP contribution in [0.15, 0.2) is 94.9 Å². The van der Waals surface area contributed by atoms with E-state index in [-0.39, 0.29) is 5.41 Å². The van der Waals surface area contributed by atoms with Crippen molar-refractivity contribution in [3.05, 3.63) is 90.6 Å². The predicted octanol–water partition coefficient (Wildman–Crippen LogP) is 8.48. The third-order valence-corrected chi connectivity index (χ3v) is 7.39. The van der Waals surface area contributed by atoms with Gasteiger partial charge < -0.3 is 0 Å². The Hall–Kier alpha value is -3.10. The molecule has 4 aromatic carbocycles. The highest BCUT2D eigenvalue weighted by Crippen LogP contribution is 2.50. The summed E-state index contributed by atoms with van der Waals surface area (Å²) >= 11 is 1.85. The van der Waals surface area contributed by atoms with Crippen molar-refractivity contribution in [2.75, 3.05) is 0 Å². The molecule has 0 aliphatic carbocycles. The van der Waals surface area contributed by atoms with Gasteiger partial charge in [0.25, 0.3) is 0 Å². The Morgan fingerprint density at radius 3 is 2.35 bits per heavy atom. The first-order valence-corrected chi connectivity index (χ1v) is 11.5. The summed E-state index contributed by atoms with van der Waals surface area (Å²) in [6, 6.07) is 28.7. The molecule has 150 valence electrons. The second-order valence-electron chi connectivity index (χ2n) is 9.29. The first-order valence-electron chi connectivity index (χ1n) is 10.7. The molecule has 1 nitrogen and oxygen atoms in total. The lowest BCUT2D eigenvalue weighted by molar-refractivity contribution is 0.596. The molecule has 0 fully saturated rings. The Morgan fingerprint density at radius 1 is 0.742 bits per heavy atom. The van der Waals surface area contributed by atoms with E-state index >= 15 is 0 Å². The molecule has 6 rings (SSSR count). The van der Waals surface area contributed by atoms with Crippen molar-refractivity contribution in [1.29, 1.82) is 0 Å². The molecule has 2 heterocycles. The van der Waals surface area contributed by atoms with Crippen LogP contribution in [0, 0.1) is 0 Å². The molecule has 0 bridgehead atoms. The van der Waals surface area contributed by atoms with Gasteiger partial charge in [-0.05, 0) is 62.5 Å². The van der Waals surface area contributed by atoms with Crippen LogP contribution >= 0.6 is 11.8 Å². The molecule has 2 heteroatoms. The fourth-order valence-electron chi connectivity index (χ4n) is 4.76. The van der Waals surface area contributed by atoms with Crippen LogP contribution in [0.1, 0.15) is 26.3 Å². The fourth-order valence-corrected chi connectivity index (χ4v) is 6.01. The van der Waals surface area contributed by atoms with Crippen molar-refractivity contribution >= 4 is 33.3 Å². The molecule has 0 saturated carbocycles. The maximum absolute atomic E-state index is 4.91. The summed E-state index contributed by atoms with van der Waals surface area (Å²) in [4.78, 5) is 7.47. The lowest BCUT2D eigenvalue weighted by Crippen LogP contribution is -2.12. The third kappa shape index (κ3) is 2.90. The molecule has 5 aromatic rings. The molecule has 0 N–H and O–H groups in total. The molecular formula is C29H23NS. The first-order chi connectivity index (χ1) is 15.0. The van der Waals surface area contributed by atoms with Crippen LogP contribution in [0.4, 0.5) is 0 Å². The Kier molecular flexibility index (Phi) is 4.03. The van der Waals surface area contributed by atoms with E-state index in [1.54, 1.807) is 0 Å². The van der Waals surface area contributed by atoms with E-state index in [0.717, 1.165) is 5.69 Å². The molecule has 31 heavy (non-hydrogen) atoms. The number of aromatic nitrogens is 1. The van der Waals surface area contributed by atoms with Crippen molar-refractivity contribution in [3.8, 4) is 22.4 Å². The zero-order valence-electron chi connectivity index (χ0n) is 17.9. The molecule has 0 unspecified atom stereocenters. The topological polar surface area (TPSA) is 12.9 Å². The maximum Gasteiger partial charge on any atom is 0.0847 e. The van der Waals surface area contributed by atoms with Gasteiger partial charge in [-0.15, -0.1) is 0 Å². The van der Waals surface area contributed by atoms with Gasteiger partial charge >= 0.3 is 0 Å². The van der Waals surface area contributed by atoms with Gasteiger partial charge in [-0.1, -0.05) is 87.1 Å². The van der Waals surface area contributed by atoms with Crippen LogP contribution < -0.4 is 0 Å². The summed E-state index contributed by atoms with van der Waals surface area (Å²) in [7, 11) is 0. The molecule has 1 aliphatic heterocycles. The average Bonchev–Trinajstić information content (AvgIpc) is 2.78. The SMILES string of the molecule is CC(C)(C)c1cc(-c2nccc3c2Sc2cccc4cccc-3c24)cc2ccccc12. The van der Waals surface area contributed by atoms with E-state index in [0.29, 0.717) is 0 Å². The van der Waals surface area contributed by atoms with Crippen LogP contribution in [-0.4, -0.2) is 4.98 Å².